The summed E-state index contributed by atoms with van der Waals surface area (Å²) >= 11 is 0. The highest BCUT2D eigenvalue weighted by Gasteiger charge is 2.36. The fourth-order valence-corrected chi connectivity index (χ4v) is 1.70. The average Bonchev–Trinajstić information content (AvgIpc) is 1.73. The molecule has 0 aromatic heterocycles. The molecule has 0 aliphatic heterocycles. The lowest BCUT2D eigenvalue weighted by atomic mass is 9.66. The number of hydrogen-bond acceptors (Lipinski definition) is 2. The van der Waals surface area contributed by atoms with Gasteiger partial charge in [0.05, 0.1) is 5.82 Å². The van der Waals surface area contributed by atoms with Crippen molar-refractivity contribution in [3.05, 3.63) is 12.4 Å². The van der Waals surface area contributed by atoms with E-state index >= 15 is 0 Å². The molecule has 3 N–H and O–H groups in total. The van der Waals surface area contributed by atoms with Crippen molar-refractivity contribution >= 4 is 0 Å². The van der Waals surface area contributed by atoms with Crippen LogP contribution in [-0.2, 0) is 0 Å². The molecule has 1 rings (SSSR count). The number of rotatable bonds is 2. The average molecular weight is 168 g/mol. The molecule has 12 heavy (non-hydrogen) atoms. The van der Waals surface area contributed by atoms with Crippen LogP contribution in [0.4, 0.5) is 0 Å². The van der Waals surface area contributed by atoms with E-state index in [1.807, 2.05) is 0 Å². The molecule has 1 aliphatic carbocycles. The molecule has 1 aliphatic rings. The second-order valence-electron chi connectivity index (χ2n) is 4.90. The van der Waals surface area contributed by atoms with E-state index in [-0.39, 0.29) is 0 Å². The van der Waals surface area contributed by atoms with Crippen molar-refractivity contribution in [2.75, 3.05) is 0 Å². The third kappa shape index (κ3) is 2.16. The van der Waals surface area contributed by atoms with Crippen LogP contribution >= 0.6 is 0 Å². The van der Waals surface area contributed by atoms with Gasteiger partial charge in [0.15, 0.2) is 0 Å². The Morgan fingerprint density at radius 2 is 1.92 bits per heavy atom. The SMILES string of the molecule is C=C(N)N[C@H]1C[C@@H](C(C)(C)C)C1. The summed E-state index contributed by atoms with van der Waals surface area (Å²) in [5.74, 6) is 1.45. The molecule has 1 fully saturated rings. The van der Waals surface area contributed by atoms with Crippen LogP contribution in [0.3, 0.4) is 0 Å². The summed E-state index contributed by atoms with van der Waals surface area (Å²) < 4.78 is 0. The zero-order valence-corrected chi connectivity index (χ0v) is 8.35. The van der Waals surface area contributed by atoms with Crippen molar-refractivity contribution in [3.8, 4) is 0 Å². The predicted octanol–water partition coefficient (Wildman–Crippen LogP) is 1.83. The van der Waals surface area contributed by atoms with Gasteiger partial charge < -0.3 is 11.1 Å². The molecule has 0 spiro atoms. The molecule has 0 aromatic carbocycles. The zero-order valence-electron chi connectivity index (χ0n) is 8.35. The summed E-state index contributed by atoms with van der Waals surface area (Å²) in [6, 6.07) is 0.576. The van der Waals surface area contributed by atoms with E-state index in [4.69, 9.17) is 5.73 Å². The predicted molar refractivity (Wildman–Crippen MR) is 52.4 cm³/mol. The van der Waals surface area contributed by atoms with E-state index in [9.17, 15) is 0 Å². The van der Waals surface area contributed by atoms with E-state index in [1.54, 1.807) is 0 Å². The molecule has 0 aromatic rings. The number of nitrogens with one attached hydrogen (secondary N) is 1. The molecule has 0 heterocycles. The van der Waals surface area contributed by atoms with Crippen molar-refractivity contribution in [2.24, 2.45) is 17.1 Å². The second-order valence-corrected chi connectivity index (χ2v) is 4.90. The largest absolute Gasteiger partial charge is 0.386 e. The maximum atomic E-state index is 5.45. The minimum absolute atomic E-state index is 0.452. The van der Waals surface area contributed by atoms with Crippen molar-refractivity contribution in [1.82, 2.24) is 5.32 Å². The first-order valence-electron chi connectivity index (χ1n) is 4.60. The highest BCUT2D eigenvalue weighted by Crippen LogP contribution is 2.41. The Balaban J connectivity index is 2.25. The fraction of sp³-hybridized carbons (Fsp3) is 0.800. The van der Waals surface area contributed by atoms with Gasteiger partial charge in [0.2, 0.25) is 0 Å². The highest BCUT2D eigenvalue weighted by atomic mass is 15.0. The molecule has 0 atom stereocenters. The molecule has 0 radical (unpaired) electrons. The lowest BCUT2D eigenvalue weighted by molar-refractivity contribution is 0.104. The van der Waals surface area contributed by atoms with Crippen LogP contribution in [0.1, 0.15) is 33.6 Å². The fourth-order valence-electron chi connectivity index (χ4n) is 1.70. The Hall–Kier alpha value is -0.660. The first kappa shape index (κ1) is 9.43. The Labute approximate surface area is 75.2 Å². The van der Waals surface area contributed by atoms with Gasteiger partial charge in [-0.2, -0.15) is 0 Å². The van der Waals surface area contributed by atoms with E-state index in [0.717, 1.165) is 5.92 Å². The van der Waals surface area contributed by atoms with Gasteiger partial charge in [0.25, 0.3) is 0 Å². The quantitative estimate of drug-likeness (QED) is 0.660. The molecule has 0 amide bonds. The monoisotopic (exact) mass is 168 g/mol. The Kier molecular flexibility index (Phi) is 2.36. The Bertz CT molecular complexity index is 173. The topological polar surface area (TPSA) is 38.0 Å². The third-order valence-electron chi connectivity index (χ3n) is 2.75. The van der Waals surface area contributed by atoms with E-state index in [1.165, 1.54) is 12.8 Å². The van der Waals surface area contributed by atoms with E-state index < -0.39 is 0 Å². The Morgan fingerprint density at radius 1 is 1.42 bits per heavy atom. The minimum Gasteiger partial charge on any atom is -0.386 e. The van der Waals surface area contributed by atoms with Crippen LogP contribution in [-0.4, -0.2) is 6.04 Å². The van der Waals surface area contributed by atoms with E-state index in [0.29, 0.717) is 17.3 Å². The minimum atomic E-state index is 0.452. The summed E-state index contributed by atoms with van der Waals surface area (Å²) in [5.41, 5.74) is 5.90. The maximum absolute atomic E-state index is 5.45. The lowest BCUT2D eigenvalue weighted by Crippen LogP contribution is -2.46. The molecule has 0 unspecified atom stereocenters. The first-order valence-corrected chi connectivity index (χ1v) is 4.60. The maximum Gasteiger partial charge on any atom is 0.0888 e. The first-order chi connectivity index (χ1) is 5.39. The third-order valence-corrected chi connectivity index (χ3v) is 2.75. The van der Waals surface area contributed by atoms with Crippen LogP contribution in [0, 0.1) is 11.3 Å². The second kappa shape index (κ2) is 3.00. The summed E-state index contributed by atoms with van der Waals surface area (Å²) in [4.78, 5) is 0. The highest BCUT2D eigenvalue weighted by molar-refractivity contribution is 4.96. The number of hydrogen-bond donors (Lipinski definition) is 2. The van der Waals surface area contributed by atoms with Gasteiger partial charge >= 0.3 is 0 Å². The van der Waals surface area contributed by atoms with Crippen molar-refractivity contribution in [1.29, 1.82) is 0 Å². The van der Waals surface area contributed by atoms with Gasteiger partial charge in [-0.1, -0.05) is 27.4 Å². The Morgan fingerprint density at radius 3 is 2.25 bits per heavy atom. The summed E-state index contributed by atoms with van der Waals surface area (Å²) in [6.07, 6.45) is 2.47. The normalized spacial score (nSPS) is 29.2. The van der Waals surface area contributed by atoms with Crippen molar-refractivity contribution in [2.45, 2.75) is 39.7 Å². The van der Waals surface area contributed by atoms with Gasteiger partial charge in [0, 0.05) is 6.04 Å². The van der Waals surface area contributed by atoms with Crippen molar-refractivity contribution in [3.63, 3.8) is 0 Å². The van der Waals surface area contributed by atoms with Crippen LogP contribution < -0.4 is 11.1 Å². The molecule has 70 valence electrons. The molecule has 2 heteroatoms. The van der Waals surface area contributed by atoms with Gasteiger partial charge in [0.1, 0.15) is 0 Å². The van der Waals surface area contributed by atoms with Crippen LogP contribution in [0.2, 0.25) is 0 Å². The lowest BCUT2D eigenvalue weighted by Gasteiger charge is -2.44. The van der Waals surface area contributed by atoms with Gasteiger partial charge in [-0.25, -0.2) is 0 Å². The number of nitrogens with two attached hydrogens (primary N) is 1. The van der Waals surface area contributed by atoms with E-state index in [2.05, 4.69) is 32.7 Å². The molecular weight excluding hydrogens is 148 g/mol. The van der Waals surface area contributed by atoms with Gasteiger partial charge in [-0.3, -0.25) is 0 Å². The van der Waals surface area contributed by atoms with Crippen LogP contribution in [0.15, 0.2) is 12.4 Å². The van der Waals surface area contributed by atoms with Crippen LogP contribution in [0.25, 0.3) is 0 Å². The smallest absolute Gasteiger partial charge is 0.0888 e. The van der Waals surface area contributed by atoms with Gasteiger partial charge in [-0.05, 0) is 24.2 Å². The molecule has 0 saturated heterocycles. The van der Waals surface area contributed by atoms with Crippen LogP contribution in [0.5, 0.6) is 0 Å². The molecular formula is C10H20N2. The standard InChI is InChI=1S/C10H20N2/c1-7(11)12-9-5-8(6-9)10(2,3)4/h8-9,12H,1,5-6,11H2,2-4H3/t8-,9+. The zero-order chi connectivity index (χ0) is 9.35. The molecule has 1 saturated carbocycles. The molecule has 2 nitrogen and oxygen atoms in total. The van der Waals surface area contributed by atoms with Gasteiger partial charge in [-0.15, -0.1) is 0 Å². The summed E-state index contributed by atoms with van der Waals surface area (Å²) in [5, 5.41) is 3.16. The summed E-state index contributed by atoms with van der Waals surface area (Å²) in [7, 11) is 0. The summed E-state index contributed by atoms with van der Waals surface area (Å²) in [6.45, 7) is 10.5. The van der Waals surface area contributed by atoms with Crippen molar-refractivity contribution < 1.29 is 0 Å². The molecule has 0 bridgehead atoms.